The molecule has 0 unspecified atom stereocenters. The van der Waals surface area contributed by atoms with Gasteiger partial charge in [-0.1, -0.05) is 34.8 Å². The van der Waals surface area contributed by atoms with Crippen LogP contribution in [0.1, 0.15) is 6.92 Å². The zero-order valence-electron chi connectivity index (χ0n) is 12.3. The van der Waals surface area contributed by atoms with Crippen molar-refractivity contribution in [1.82, 2.24) is 0 Å². The van der Waals surface area contributed by atoms with E-state index in [0.29, 0.717) is 10.8 Å². The Bertz CT molecular complexity index is 798. The second-order valence-corrected chi connectivity index (χ2v) is 6.00. The highest BCUT2D eigenvalue weighted by molar-refractivity contribution is 6.35. The van der Waals surface area contributed by atoms with Crippen molar-refractivity contribution in [2.45, 2.75) is 13.0 Å². The lowest BCUT2D eigenvalue weighted by Crippen LogP contribution is -2.30. The molecule has 0 aromatic heterocycles. The lowest BCUT2D eigenvalue weighted by atomic mass is 10.2. The number of carbonyl (C=O) groups is 1. The predicted octanol–water partition coefficient (Wildman–Crippen LogP) is 4.96. The molecule has 0 bridgehead atoms. The van der Waals surface area contributed by atoms with Crippen molar-refractivity contribution in [1.29, 1.82) is 0 Å². The number of rotatable bonds is 5. The molecule has 0 aliphatic carbocycles. The Morgan fingerprint density at radius 1 is 1.17 bits per heavy atom. The molecule has 1 amide bonds. The van der Waals surface area contributed by atoms with Crippen molar-refractivity contribution in [2.24, 2.45) is 0 Å². The van der Waals surface area contributed by atoms with Crippen LogP contribution in [-0.2, 0) is 4.79 Å². The average molecular weight is 390 g/mol. The van der Waals surface area contributed by atoms with E-state index in [1.807, 2.05) is 0 Å². The predicted molar refractivity (Wildman–Crippen MR) is 93.3 cm³/mol. The largest absolute Gasteiger partial charge is 0.479 e. The van der Waals surface area contributed by atoms with Crippen molar-refractivity contribution < 1.29 is 14.5 Å². The first-order chi connectivity index (χ1) is 11.3. The summed E-state index contributed by atoms with van der Waals surface area (Å²) < 4.78 is 5.48. The number of nitro benzene ring substituents is 1. The Balaban J connectivity index is 2.07. The van der Waals surface area contributed by atoms with Gasteiger partial charge in [0.25, 0.3) is 11.6 Å². The van der Waals surface area contributed by atoms with Crippen LogP contribution in [0.2, 0.25) is 15.1 Å². The quantitative estimate of drug-likeness (QED) is 0.579. The van der Waals surface area contributed by atoms with E-state index in [9.17, 15) is 14.9 Å². The van der Waals surface area contributed by atoms with E-state index in [0.717, 1.165) is 6.07 Å². The topological polar surface area (TPSA) is 81.5 Å². The molecule has 0 heterocycles. The van der Waals surface area contributed by atoms with Crippen LogP contribution in [0.5, 0.6) is 5.75 Å². The highest BCUT2D eigenvalue weighted by Crippen LogP contribution is 2.29. The molecule has 2 aromatic rings. The molecule has 6 nitrogen and oxygen atoms in total. The Labute approximate surface area is 152 Å². The first kappa shape index (κ1) is 18.3. The first-order valence-corrected chi connectivity index (χ1v) is 7.78. The first-order valence-electron chi connectivity index (χ1n) is 6.64. The molecule has 24 heavy (non-hydrogen) atoms. The molecule has 126 valence electrons. The van der Waals surface area contributed by atoms with Crippen LogP contribution in [0.25, 0.3) is 0 Å². The van der Waals surface area contributed by atoms with E-state index in [1.165, 1.54) is 25.1 Å². The minimum absolute atomic E-state index is 0.0503. The molecule has 0 spiro atoms. The summed E-state index contributed by atoms with van der Waals surface area (Å²) in [5.74, 6) is -0.185. The van der Waals surface area contributed by atoms with Gasteiger partial charge in [0, 0.05) is 17.2 Å². The van der Waals surface area contributed by atoms with Crippen LogP contribution in [0.15, 0.2) is 36.4 Å². The zero-order valence-corrected chi connectivity index (χ0v) is 14.5. The number of amides is 1. The smallest absolute Gasteiger partial charge is 0.271 e. The van der Waals surface area contributed by atoms with Gasteiger partial charge in [-0.25, -0.2) is 0 Å². The van der Waals surface area contributed by atoms with Gasteiger partial charge in [-0.3, -0.25) is 14.9 Å². The number of nitrogens with one attached hydrogen (secondary N) is 1. The third-order valence-electron chi connectivity index (χ3n) is 2.99. The standard InChI is InChI=1S/C15H11Cl3N2O4/c1-8(24-14-5-2-9(16)6-12(14)18)15(21)19-13-4-3-10(20(22)23)7-11(13)17/h2-8H,1H3,(H,19,21)/t8-/m1/s1. The van der Waals surface area contributed by atoms with Crippen LogP contribution in [0.3, 0.4) is 0 Å². The highest BCUT2D eigenvalue weighted by Gasteiger charge is 2.18. The fourth-order valence-corrected chi connectivity index (χ4v) is 2.44. The van der Waals surface area contributed by atoms with Gasteiger partial charge >= 0.3 is 0 Å². The number of benzene rings is 2. The fourth-order valence-electron chi connectivity index (χ4n) is 1.77. The fraction of sp³-hybridized carbons (Fsp3) is 0.133. The molecule has 2 rings (SSSR count). The van der Waals surface area contributed by atoms with Crippen molar-refractivity contribution >= 4 is 52.1 Å². The number of nitrogens with zero attached hydrogens (tertiary/aromatic N) is 1. The Morgan fingerprint density at radius 2 is 1.88 bits per heavy atom. The maximum atomic E-state index is 12.2. The molecular weight excluding hydrogens is 379 g/mol. The third-order valence-corrected chi connectivity index (χ3v) is 3.83. The summed E-state index contributed by atoms with van der Waals surface area (Å²) in [4.78, 5) is 22.3. The number of ether oxygens (including phenoxy) is 1. The Hall–Kier alpha value is -2.02. The molecule has 0 radical (unpaired) electrons. The zero-order chi connectivity index (χ0) is 17.9. The normalized spacial score (nSPS) is 11.7. The van der Waals surface area contributed by atoms with E-state index in [2.05, 4.69) is 5.32 Å². The van der Waals surface area contributed by atoms with Crippen molar-refractivity contribution in [2.75, 3.05) is 5.32 Å². The van der Waals surface area contributed by atoms with Gasteiger partial charge in [0.2, 0.25) is 0 Å². The van der Waals surface area contributed by atoms with Crippen LogP contribution in [0, 0.1) is 10.1 Å². The minimum atomic E-state index is -0.880. The summed E-state index contributed by atoms with van der Waals surface area (Å²) in [6, 6.07) is 8.37. The number of hydrogen-bond acceptors (Lipinski definition) is 4. The van der Waals surface area contributed by atoms with E-state index in [4.69, 9.17) is 39.5 Å². The molecule has 0 saturated carbocycles. The summed E-state index contributed by atoms with van der Waals surface area (Å²) in [7, 11) is 0. The van der Waals surface area contributed by atoms with Gasteiger partial charge in [-0.05, 0) is 31.2 Å². The number of hydrogen-bond donors (Lipinski definition) is 1. The maximum absolute atomic E-state index is 12.2. The van der Waals surface area contributed by atoms with E-state index >= 15 is 0 Å². The molecule has 1 N–H and O–H groups in total. The number of anilines is 1. The Kier molecular flexibility index (Phi) is 5.88. The van der Waals surface area contributed by atoms with E-state index in [-0.39, 0.29) is 21.4 Å². The molecule has 0 fully saturated rings. The van der Waals surface area contributed by atoms with Gasteiger partial charge in [-0.2, -0.15) is 0 Å². The third kappa shape index (κ3) is 4.50. The van der Waals surface area contributed by atoms with E-state index < -0.39 is 16.9 Å². The monoisotopic (exact) mass is 388 g/mol. The molecule has 9 heteroatoms. The second kappa shape index (κ2) is 7.70. The van der Waals surface area contributed by atoms with Crippen molar-refractivity contribution in [3.05, 3.63) is 61.6 Å². The summed E-state index contributed by atoms with van der Waals surface area (Å²) in [6.07, 6.45) is -0.880. The molecule has 2 aromatic carbocycles. The molecule has 0 aliphatic rings. The van der Waals surface area contributed by atoms with Crippen molar-refractivity contribution in [3.63, 3.8) is 0 Å². The van der Waals surface area contributed by atoms with Crippen LogP contribution >= 0.6 is 34.8 Å². The van der Waals surface area contributed by atoms with Gasteiger partial charge < -0.3 is 10.1 Å². The minimum Gasteiger partial charge on any atom is -0.479 e. The van der Waals surface area contributed by atoms with Crippen LogP contribution < -0.4 is 10.1 Å². The van der Waals surface area contributed by atoms with Crippen LogP contribution in [0.4, 0.5) is 11.4 Å². The summed E-state index contributed by atoms with van der Waals surface area (Å²) in [6.45, 7) is 1.53. The number of nitro groups is 1. The summed E-state index contributed by atoms with van der Waals surface area (Å²) >= 11 is 17.7. The summed E-state index contributed by atoms with van der Waals surface area (Å²) in [5, 5.41) is 14.0. The summed E-state index contributed by atoms with van der Waals surface area (Å²) in [5.41, 5.74) is 0.0696. The second-order valence-electron chi connectivity index (χ2n) is 4.75. The number of non-ortho nitro benzene ring substituents is 1. The van der Waals surface area contributed by atoms with Gasteiger partial charge in [0.1, 0.15) is 5.75 Å². The van der Waals surface area contributed by atoms with Gasteiger partial charge in [-0.15, -0.1) is 0 Å². The Morgan fingerprint density at radius 3 is 2.46 bits per heavy atom. The molecule has 0 saturated heterocycles. The number of carbonyl (C=O) groups excluding carboxylic acids is 1. The average Bonchev–Trinajstić information content (AvgIpc) is 2.51. The molecule has 0 aliphatic heterocycles. The number of halogens is 3. The van der Waals surface area contributed by atoms with Gasteiger partial charge in [0.05, 0.1) is 20.7 Å². The highest BCUT2D eigenvalue weighted by atomic mass is 35.5. The van der Waals surface area contributed by atoms with Crippen LogP contribution in [-0.4, -0.2) is 16.9 Å². The molecular formula is C15H11Cl3N2O4. The lowest BCUT2D eigenvalue weighted by Gasteiger charge is -2.16. The molecule has 1 atom stereocenters. The lowest BCUT2D eigenvalue weighted by molar-refractivity contribution is -0.384. The van der Waals surface area contributed by atoms with Crippen molar-refractivity contribution in [3.8, 4) is 5.75 Å². The maximum Gasteiger partial charge on any atom is 0.271 e. The van der Waals surface area contributed by atoms with E-state index in [1.54, 1.807) is 12.1 Å². The SMILES string of the molecule is C[C@@H](Oc1ccc(Cl)cc1Cl)C(=O)Nc1ccc([N+](=O)[O-])cc1Cl. The van der Waals surface area contributed by atoms with Gasteiger partial charge in [0.15, 0.2) is 6.10 Å².